The largest absolute Gasteiger partial charge is 0.417 e. The highest BCUT2D eigenvalue weighted by molar-refractivity contribution is 7.99. The van der Waals surface area contributed by atoms with Crippen molar-refractivity contribution in [2.75, 3.05) is 16.8 Å². The maximum atomic E-state index is 14.4. The second-order valence-electron chi connectivity index (χ2n) is 6.17. The molecule has 0 aromatic heterocycles. The molecular formula is C19H20FNO3S. The summed E-state index contributed by atoms with van der Waals surface area (Å²) in [6.07, 6.45) is 0.358. The van der Waals surface area contributed by atoms with E-state index in [1.807, 2.05) is 19.1 Å². The molecule has 1 fully saturated rings. The highest BCUT2D eigenvalue weighted by Gasteiger charge is 2.33. The number of rotatable bonds is 3. The summed E-state index contributed by atoms with van der Waals surface area (Å²) in [5, 5.41) is 13.1. The van der Waals surface area contributed by atoms with Gasteiger partial charge in [-0.05, 0) is 55.5 Å². The standard InChI is InChI=1S/C19H20FNO3S/c1-13-2-5-15(6-3-13)24-18(22)21-14-4-7-16(17(20)12-14)19(23)8-10-25-11-9-19/h2-7,12,23H,8-11H2,1H3,(H,21,22). The topological polar surface area (TPSA) is 58.6 Å². The molecule has 1 amide bonds. The maximum absolute atomic E-state index is 14.4. The molecule has 3 rings (SSSR count). The van der Waals surface area contributed by atoms with Crippen LogP contribution in [-0.2, 0) is 5.60 Å². The fourth-order valence-electron chi connectivity index (χ4n) is 2.81. The van der Waals surface area contributed by atoms with Crippen LogP contribution in [0.15, 0.2) is 42.5 Å². The molecule has 1 saturated heterocycles. The number of hydrogen-bond acceptors (Lipinski definition) is 4. The second-order valence-corrected chi connectivity index (χ2v) is 7.39. The van der Waals surface area contributed by atoms with Crippen molar-refractivity contribution in [3.63, 3.8) is 0 Å². The molecule has 0 saturated carbocycles. The summed E-state index contributed by atoms with van der Waals surface area (Å²) >= 11 is 1.76. The Balaban J connectivity index is 1.68. The number of ether oxygens (including phenoxy) is 1. The van der Waals surface area contributed by atoms with Crippen LogP contribution in [0, 0.1) is 12.7 Å². The Hall–Kier alpha value is -2.05. The van der Waals surface area contributed by atoms with E-state index in [0.717, 1.165) is 17.1 Å². The van der Waals surface area contributed by atoms with Crippen LogP contribution in [0.2, 0.25) is 0 Å². The van der Waals surface area contributed by atoms with Gasteiger partial charge in [0, 0.05) is 11.3 Å². The van der Waals surface area contributed by atoms with Crippen LogP contribution in [0.25, 0.3) is 0 Å². The van der Waals surface area contributed by atoms with Gasteiger partial charge in [-0.25, -0.2) is 9.18 Å². The molecule has 6 heteroatoms. The summed E-state index contributed by atoms with van der Waals surface area (Å²) in [6, 6.07) is 11.4. The van der Waals surface area contributed by atoms with E-state index in [4.69, 9.17) is 4.74 Å². The molecule has 0 spiro atoms. The molecule has 1 aliphatic heterocycles. The van der Waals surface area contributed by atoms with Crippen LogP contribution in [-0.4, -0.2) is 22.7 Å². The molecule has 0 aliphatic carbocycles. The van der Waals surface area contributed by atoms with Gasteiger partial charge in [-0.3, -0.25) is 5.32 Å². The van der Waals surface area contributed by atoms with E-state index >= 15 is 0 Å². The number of hydrogen-bond donors (Lipinski definition) is 2. The van der Waals surface area contributed by atoms with Crippen LogP contribution in [0.1, 0.15) is 24.0 Å². The number of anilines is 1. The fraction of sp³-hybridized carbons (Fsp3) is 0.316. The second kappa shape index (κ2) is 7.45. The van der Waals surface area contributed by atoms with Crippen molar-refractivity contribution in [1.82, 2.24) is 0 Å². The lowest BCUT2D eigenvalue weighted by atomic mass is 9.87. The van der Waals surface area contributed by atoms with Gasteiger partial charge in [0.05, 0.1) is 5.60 Å². The third kappa shape index (κ3) is 4.32. The van der Waals surface area contributed by atoms with E-state index in [9.17, 15) is 14.3 Å². The lowest BCUT2D eigenvalue weighted by molar-refractivity contribution is 0.0246. The van der Waals surface area contributed by atoms with E-state index in [1.165, 1.54) is 12.1 Å². The van der Waals surface area contributed by atoms with Crippen LogP contribution >= 0.6 is 11.8 Å². The van der Waals surface area contributed by atoms with Crippen molar-refractivity contribution in [3.05, 3.63) is 59.4 Å². The number of thioether (sulfide) groups is 1. The number of carbonyl (C=O) groups excluding carboxylic acids is 1. The zero-order valence-corrected chi connectivity index (χ0v) is 14.7. The summed E-state index contributed by atoms with van der Waals surface area (Å²) in [5.74, 6) is 1.49. The van der Waals surface area contributed by atoms with Crippen LogP contribution in [0.3, 0.4) is 0 Å². The maximum Gasteiger partial charge on any atom is 0.417 e. The molecule has 2 N–H and O–H groups in total. The first kappa shape index (κ1) is 17.8. The zero-order valence-electron chi connectivity index (χ0n) is 13.9. The van der Waals surface area contributed by atoms with Gasteiger partial charge in [0.25, 0.3) is 0 Å². The summed E-state index contributed by atoms with van der Waals surface area (Å²) in [7, 11) is 0. The molecule has 2 aromatic rings. The van der Waals surface area contributed by atoms with E-state index in [-0.39, 0.29) is 11.3 Å². The molecule has 1 heterocycles. The van der Waals surface area contributed by atoms with Gasteiger partial charge in [0.1, 0.15) is 11.6 Å². The van der Waals surface area contributed by atoms with E-state index in [0.29, 0.717) is 18.6 Å². The lowest BCUT2D eigenvalue weighted by Gasteiger charge is -2.32. The van der Waals surface area contributed by atoms with Crippen LogP contribution < -0.4 is 10.1 Å². The van der Waals surface area contributed by atoms with E-state index in [2.05, 4.69) is 5.32 Å². The summed E-state index contributed by atoms with van der Waals surface area (Å²) < 4.78 is 19.6. The molecule has 25 heavy (non-hydrogen) atoms. The molecule has 0 radical (unpaired) electrons. The number of nitrogens with one attached hydrogen (secondary N) is 1. The Kier molecular flexibility index (Phi) is 5.30. The molecule has 132 valence electrons. The zero-order chi connectivity index (χ0) is 17.9. The summed E-state index contributed by atoms with van der Waals surface area (Å²) in [4.78, 5) is 11.9. The van der Waals surface area contributed by atoms with Gasteiger partial charge in [-0.2, -0.15) is 11.8 Å². The minimum atomic E-state index is -1.13. The average molecular weight is 361 g/mol. The number of halogens is 1. The fourth-order valence-corrected chi connectivity index (χ4v) is 3.97. The average Bonchev–Trinajstić information content (AvgIpc) is 2.57. The molecular weight excluding hydrogens is 341 g/mol. The third-order valence-electron chi connectivity index (χ3n) is 4.27. The Morgan fingerprint density at radius 1 is 1.20 bits per heavy atom. The first-order chi connectivity index (χ1) is 12.0. The number of benzene rings is 2. The molecule has 2 aromatic carbocycles. The Bertz CT molecular complexity index is 758. The molecule has 0 atom stereocenters. The lowest BCUT2D eigenvalue weighted by Crippen LogP contribution is -2.31. The Labute approximate surface area is 150 Å². The summed E-state index contributed by atoms with van der Waals surface area (Å²) in [6.45, 7) is 1.94. The quantitative estimate of drug-likeness (QED) is 0.847. The van der Waals surface area contributed by atoms with Gasteiger partial charge in [0.15, 0.2) is 0 Å². The highest BCUT2D eigenvalue weighted by atomic mass is 32.2. The Morgan fingerprint density at radius 2 is 1.88 bits per heavy atom. The third-order valence-corrected chi connectivity index (χ3v) is 5.25. The molecule has 1 aliphatic rings. The van der Waals surface area contributed by atoms with Crippen molar-refractivity contribution in [1.29, 1.82) is 0 Å². The van der Waals surface area contributed by atoms with E-state index < -0.39 is 17.5 Å². The number of carbonyl (C=O) groups is 1. The number of amides is 1. The monoisotopic (exact) mass is 361 g/mol. The normalized spacial score (nSPS) is 16.3. The SMILES string of the molecule is Cc1ccc(OC(=O)Nc2ccc(C3(O)CCSCC3)c(F)c2)cc1. The van der Waals surface area contributed by atoms with Gasteiger partial charge < -0.3 is 9.84 Å². The van der Waals surface area contributed by atoms with Gasteiger partial charge in [-0.1, -0.05) is 23.8 Å². The van der Waals surface area contributed by atoms with Crippen LogP contribution in [0.5, 0.6) is 5.75 Å². The smallest absolute Gasteiger partial charge is 0.410 e. The predicted octanol–water partition coefficient (Wildman–Crippen LogP) is 4.46. The van der Waals surface area contributed by atoms with E-state index in [1.54, 1.807) is 30.0 Å². The van der Waals surface area contributed by atoms with Crippen molar-refractivity contribution in [2.24, 2.45) is 0 Å². The van der Waals surface area contributed by atoms with Crippen molar-refractivity contribution < 1.29 is 19.0 Å². The minimum absolute atomic E-state index is 0.283. The Morgan fingerprint density at radius 3 is 2.52 bits per heavy atom. The van der Waals surface area contributed by atoms with Crippen molar-refractivity contribution >= 4 is 23.5 Å². The molecule has 0 bridgehead atoms. The van der Waals surface area contributed by atoms with Crippen molar-refractivity contribution in [2.45, 2.75) is 25.4 Å². The molecule has 4 nitrogen and oxygen atoms in total. The van der Waals surface area contributed by atoms with Gasteiger partial charge >= 0.3 is 6.09 Å². The van der Waals surface area contributed by atoms with Crippen molar-refractivity contribution in [3.8, 4) is 5.75 Å². The first-order valence-electron chi connectivity index (χ1n) is 8.12. The number of aliphatic hydroxyl groups is 1. The minimum Gasteiger partial charge on any atom is -0.410 e. The molecule has 0 unspecified atom stereocenters. The summed E-state index contributed by atoms with van der Waals surface area (Å²) in [5.41, 5.74) is 0.498. The number of aryl methyl sites for hydroxylation is 1. The van der Waals surface area contributed by atoms with Gasteiger partial charge in [0.2, 0.25) is 0 Å². The van der Waals surface area contributed by atoms with Gasteiger partial charge in [-0.15, -0.1) is 0 Å². The van der Waals surface area contributed by atoms with Crippen LogP contribution in [0.4, 0.5) is 14.9 Å². The predicted molar refractivity (Wildman–Crippen MR) is 97.7 cm³/mol. The highest BCUT2D eigenvalue weighted by Crippen LogP contribution is 2.37. The first-order valence-corrected chi connectivity index (χ1v) is 9.27.